The lowest BCUT2D eigenvalue weighted by atomic mass is 10.0. The lowest BCUT2D eigenvalue weighted by molar-refractivity contribution is -0.139. The van der Waals surface area contributed by atoms with Crippen LogP contribution in [0, 0.1) is 11.3 Å². The summed E-state index contributed by atoms with van der Waals surface area (Å²) < 4.78 is 5.16. The summed E-state index contributed by atoms with van der Waals surface area (Å²) in [6.07, 6.45) is 0.544. The molecule has 0 bridgehead atoms. The number of esters is 1. The molecule has 0 aliphatic heterocycles. The second-order valence-corrected chi connectivity index (χ2v) is 3.92. The predicted octanol–water partition coefficient (Wildman–Crippen LogP) is 1.85. The molecule has 1 aromatic carbocycles. The maximum absolute atomic E-state index is 11.1. The zero-order valence-electron chi connectivity index (χ0n) is 8.49. The van der Waals surface area contributed by atoms with E-state index in [0.717, 1.165) is 0 Å². The number of hydrogen-bond donors (Lipinski definition) is 0. The van der Waals surface area contributed by atoms with Crippen LogP contribution in [0.4, 0.5) is 0 Å². The van der Waals surface area contributed by atoms with Crippen LogP contribution in [0.2, 0.25) is 0 Å². The first-order valence-electron chi connectivity index (χ1n) is 4.37. The molecule has 4 nitrogen and oxygen atoms in total. The highest BCUT2D eigenvalue weighted by Gasteiger charge is 2.13. The number of methoxy groups -OCH3 is 1. The summed E-state index contributed by atoms with van der Waals surface area (Å²) in [7, 11) is 1.27. The molecule has 0 N–H and O–H groups in total. The van der Waals surface area contributed by atoms with Crippen molar-refractivity contribution in [3.8, 4) is 6.07 Å². The first-order valence-corrected chi connectivity index (χ1v) is 5.16. The van der Waals surface area contributed by atoms with Crippen LogP contribution in [0.15, 0.2) is 16.6 Å². The first-order chi connectivity index (χ1) is 7.62. The van der Waals surface area contributed by atoms with Gasteiger partial charge in [0.2, 0.25) is 0 Å². The molecule has 0 amide bonds. The Bertz CT molecular complexity index is 477. The molecule has 0 heterocycles. The minimum Gasteiger partial charge on any atom is -0.469 e. The first kappa shape index (κ1) is 12.4. The zero-order valence-corrected chi connectivity index (χ0v) is 10.1. The van der Waals surface area contributed by atoms with Crippen LogP contribution >= 0.6 is 15.9 Å². The molecule has 0 aliphatic carbocycles. The lowest BCUT2D eigenvalue weighted by Crippen LogP contribution is -2.08. The SMILES string of the molecule is COC(=O)Cc1cc(Br)cc(C#N)c1C=O. The standard InChI is InChI=1S/C11H8BrNO3/c1-16-11(15)4-7-2-9(12)3-8(5-13)10(7)6-14/h2-3,6H,4H2,1H3. The van der Waals surface area contributed by atoms with Crippen molar-refractivity contribution in [3.05, 3.63) is 33.3 Å². The second-order valence-electron chi connectivity index (χ2n) is 3.01. The van der Waals surface area contributed by atoms with Crippen molar-refractivity contribution in [2.75, 3.05) is 7.11 Å². The van der Waals surface area contributed by atoms with Crippen LogP contribution in [-0.2, 0) is 16.0 Å². The minimum atomic E-state index is -0.454. The molecular formula is C11H8BrNO3. The summed E-state index contributed by atoms with van der Waals surface area (Å²) in [4.78, 5) is 22.0. The number of carbonyl (C=O) groups is 2. The van der Waals surface area contributed by atoms with Gasteiger partial charge in [-0.3, -0.25) is 9.59 Å². The molecule has 0 fully saturated rings. The average Bonchev–Trinajstić information content (AvgIpc) is 2.28. The van der Waals surface area contributed by atoms with Gasteiger partial charge in [0.15, 0.2) is 6.29 Å². The summed E-state index contributed by atoms with van der Waals surface area (Å²) in [5.74, 6) is -0.454. The van der Waals surface area contributed by atoms with Crippen molar-refractivity contribution in [1.29, 1.82) is 5.26 Å². The number of nitrogens with zero attached hydrogens (tertiary/aromatic N) is 1. The Kier molecular flexibility index (Phi) is 4.20. The number of rotatable bonds is 3. The van der Waals surface area contributed by atoms with Gasteiger partial charge in [0.25, 0.3) is 0 Å². The number of nitriles is 1. The molecule has 0 saturated heterocycles. The Labute approximate surface area is 101 Å². The van der Waals surface area contributed by atoms with Gasteiger partial charge in [-0.15, -0.1) is 0 Å². The quantitative estimate of drug-likeness (QED) is 0.626. The van der Waals surface area contributed by atoms with Gasteiger partial charge < -0.3 is 4.74 Å². The van der Waals surface area contributed by atoms with Gasteiger partial charge in [-0.05, 0) is 17.7 Å². The van der Waals surface area contributed by atoms with Crippen molar-refractivity contribution in [2.24, 2.45) is 0 Å². The summed E-state index contributed by atoms with van der Waals surface area (Å²) in [5, 5.41) is 8.84. The molecule has 1 rings (SSSR count). The van der Waals surface area contributed by atoms with E-state index in [0.29, 0.717) is 16.3 Å². The smallest absolute Gasteiger partial charge is 0.310 e. The average molecular weight is 282 g/mol. The highest BCUT2D eigenvalue weighted by Crippen LogP contribution is 2.20. The van der Waals surface area contributed by atoms with Gasteiger partial charge in [0.05, 0.1) is 25.2 Å². The monoisotopic (exact) mass is 281 g/mol. The van der Waals surface area contributed by atoms with Crippen molar-refractivity contribution in [2.45, 2.75) is 6.42 Å². The van der Waals surface area contributed by atoms with Crippen molar-refractivity contribution < 1.29 is 14.3 Å². The fraction of sp³-hybridized carbons (Fsp3) is 0.182. The Morgan fingerprint density at radius 2 is 2.31 bits per heavy atom. The Hall–Kier alpha value is -1.67. The van der Waals surface area contributed by atoms with E-state index in [9.17, 15) is 9.59 Å². The molecule has 5 heteroatoms. The molecular weight excluding hydrogens is 274 g/mol. The normalized spacial score (nSPS) is 9.31. The molecule has 0 spiro atoms. The maximum Gasteiger partial charge on any atom is 0.310 e. The van der Waals surface area contributed by atoms with E-state index in [-0.39, 0.29) is 17.5 Å². The van der Waals surface area contributed by atoms with Crippen LogP contribution in [0.1, 0.15) is 21.5 Å². The Balaban J connectivity index is 3.26. The van der Waals surface area contributed by atoms with Gasteiger partial charge in [0, 0.05) is 10.0 Å². The topological polar surface area (TPSA) is 67.2 Å². The molecule has 82 valence electrons. The van der Waals surface area contributed by atoms with Crippen LogP contribution in [0.5, 0.6) is 0 Å². The van der Waals surface area contributed by atoms with Crippen molar-refractivity contribution in [1.82, 2.24) is 0 Å². The van der Waals surface area contributed by atoms with E-state index in [1.165, 1.54) is 13.2 Å². The summed E-state index contributed by atoms with van der Waals surface area (Å²) in [6, 6.07) is 5.06. The maximum atomic E-state index is 11.1. The van der Waals surface area contributed by atoms with E-state index in [2.05, 4.69) is 20.7 Å². The highest BCUT2D eigenvalue weighted by atomic mass is 79.9. The van der Waals surface area contributed by atoms with Gasteiger partial charge >= 0.3 is 5.97 Å². The summed E-state index contributed by atoms with van der Waals surface area (Å²) >= 11 is 3.21. The van der Waals surface area contributed by atoms with Gasteiger partial charge in [-0.2, -0.15) is 5.26 Å². The minimum absolute atomic E-state index is 0.0291. The number of benzene rings is 1. The fourth-order valence-corrected chi connectivity index (χ4v) is 1.79. The molecule has 0 unspecified atom stereocenters. The van der Waals surface area contributed by atoms with Gasteiger partial charge in [0.1, 0.15) is 0 Å². The molecule has 0 atom stereocenters. The summed E-state index contributed by atoms with van der Waals surface area (Å²) in [6.45, 7) is 0. The van der Waals surface area contributed by atoms with Crippen molar-refractivity contribution >= 4 is 28.2 Å². The summed E-state index contributed by atoms with van der Waals surface area (Å²) in [5.41, 5.74) is 0.951. The number of ether oxygens (including phenoxy) is 1. The predicted molar refractivity (Wildman–Crippen MR) is 60.0 cm³/mol. The van der Waals surface area contributed by atoms with Crippen LogP contribution < -0.4 is 0 Å². The number of hydrogen-bond acceptors (Lipinski definition) is 4. The second kappa shape index (κ2) is 5.42. The Morgan fingerprint density at radius 3 is 2.81 bits per heavy atom. The van der Waals surface area contributed by atoms with Gasteiger partial charge in [-0.25, -0.2) is 0 Å². The third-order valence-electron chi connectivity index (χ3n) is 2.03. The third-order valence-corrected chi connectivity index (χ3v) is 2.49. The van der Waals surface area contributed by atoms with Gasteiger partial charge in [-0.1, -0.05) is 15.9 Å². The molecule has 0 aromatic heterocycles. The van der Waals surface area contributed by atoms with E-state index in [4.69, 9.17) is 5.26 Å². The lowest BCUT2D eigenvalue weighted by Gasteiger charge is -2.06. The van der Waals surface area contributed by atoms with Crippen LogP contribution in [0.25, 0.3) is 0 Å². The van der Waals surface area contributed by atoms with Crippen LogP contribution in [0.3, 0.4) is 0 Å². The van der Waals surface area contributed by atoms with E-state index >= 15 is 0 Å². The molecule has 0 radical (unpaired) electrons. The van der Waals surface area contributed by atoms with E-state index in [1.807, 2.05) is 6.07 Å². The van der Waals surface area contributed by atoms with Crippen molar-refractivity contribution in [3.63, 3.8) is 0 Å². The third kappa shape index (κ3) is 2.67. The molecule has 0 aliphatic rings. The van der Waals surface area contributed by atoms with Crippen LogP contribution in [-0.4, -0.2) is 19.4 Å². The largest absolute Gasteiger partial charge is 0.469 e. The molecule has 1 aromatic rings. The number of aldehydes is 1. The fourth-order valence-electron chi connectivity index (χ4n) is 1.28. The Morgan fingerprint density at radius 1 is 1.62 bits per heavy atom. The molecule has 16 heavy (non-hydrogen) atoms. The zero-order chi connectivity index (χ0) is 12.1. The number of carbonyl (C=O) groups excluding carboxylic acids is 2. The molecule has 0 saturated carbocycles. The van der Waals surface area contributed by atoms with E-state index in [1.54, 1.807) is 6.07 Å². The van der Waals surface area contributed by atoms with E-state index < -0.39 is 5.97 Å². The number of halogens is 1. The highest BCUT2D eigenvalue weighted by molar-refractivity contribution is 9.10.